The minimum absolute atomic E-state index is 0.0385. The zero-order valence-electron chi connectivity index (χ0n) is 26.4. The first kappa shape index (κ1) is 31.0. The van der Waals surface area contributed by atoms with Crippen LogP contribution in [0.5, 0.6) is 0 Å². The standard InChI is InChI=1S/C33H33FN8O6/c1-3-48-36-30-22-12-19(2)4-7-26(22)42(32(30)45)16-20-15-40(37-35-20)18-29(43)39-10-8-38(9-11-39)28-14-27-23(13-25(28)34)31(44)24(33(46)47)17-41(27)21-5-6-21/h4,7,12-15,17,21H,3,5-6,8-11,16,18H2,1-2H3,(H,46,47)/b36-30+. The molecule has 4 heterocycles. The largest absolute Gasteiger partial charge is 0.477 e. The molecule has 1 N–H and O–H groups in total. The van der Waals surface area contributed by atoms with E-state index in [1.165, 1.54) is 10.9 Å². The number of aryl methyl sites for hydroxylation is 1. The van der Waals surface area contributed by atoms with Crippen molar-refractivity contribution in [1.29, 1.82) is 0 Å². The van der Waals surface area contributed by atoms with E-state index < -0.39 is 17.2 Å². The summed E-state index contributed by atoms with van der Waals surface area (Å²) in [5.41, 5.74) is 2.79. The van der Waals surface area contributed by atoms with E-state index in [1.54, 1.807) is 33.6 Å². The summed E-state index contributed by atoms with van der Waals surface area (Å²) < 4.78 is 18.6. The molecule has 0 atom stereocenters. The number of amides is 2. The van der Waals surface area contributed by atoms with Gasteiger partial charge in [0.25, 0.3) is 5.91 Å². The van der Waals surface area contributed by atoms with Gasteiger partial charge in [-0.3, -0.25) is 14.4 Å². The van der Waals surface area contributed by atoms with Crippen molar-refractivity contribution in [3.63, 3.8) is 0 Å². The number of rotatable bonds is 9. The zero-order chi connectivity index (χ0) is 33.7. The Bertz CT molecular complexity index is 2060. The maximum Gasteiger partial charge on any atom is 0.341 e. The van der Waals surface area contributed by atoms with Crippen LogP contribution in [0.2, 0.25) is 0 Å². The van der Waals surface area contributed by atoms with Crippen molar-refractivity contribution in [3.8, 4) is 0 Å². The molecule has 0 radical (unpaired) electrons. The number of anilines is 2. The number of hydrogen-bond donors (Lipinski definition) is 1. The maximum absolute atomic E-state index is 15.4. The number of oxime groups is 1. The van der Waals surface area contributed by atoms with Gasteiger partial charge in [-0.1, -0.05) is 22.0 Å². The van der Waals surface area contributed by atoms with Crippen LogP contribution in [0.15, 0.2) is 52.7 Å². The highest BCUT2D eigenvalue weighted by molar-refractivity contribution is 6.54. The summed E-state index contributed by atoms with van der Waals surface area (Å²) in [5.74, 6) is -2.45. The predicted octanol–water partition coefficient (Wildman–Crippen LogP) is 2.71. The summed E-state index contributed by atoms with van der Waals surface area (Å²) in [6, 6.07) is 8.46. The molecule has 3 aliphatic rings. The van der Waals surface area contributed by atoms with E-state index in [1.807, 2.05) is 30.0 Å². The van der Waals surface area contributed by atoms with Gasteiger partial charge in [-0.05, 0) is 51.0 Å². The number of benzene rings is 2. The van der Waals surface area contributed by atoms with Crippen LogP contribution in [0.3, 0.4) is 0 Å². The molecule has 2 fully saturated rings. The fraction of sp³-hybridized carbons (Fsp3) is 0.364. The molecule has 0 unspecified atom stereocenters. The van der Waals surface area contributed by atoms with Crippen LogP contribution in [-0.2, 0) is 27.5 Å². The number of carboxylic acids is 1. The van der Waals surface area contributed by atoms with E-state index in [2.05, 4.69) is 15.5 Å². The minimum Gasteiger partial charge on any atom is -0.477 e. The SMILES string of the molecule is CCO/N=C1/C(=O)N(Cc2cn(CC(=O)N3CCN(c4cc5c(cc4F)c(=O)c(C(=O)O)cn5C4CC4)CC3)nn2)c2ccc(C)cc21. The van der Waals surface area contributed by atoms with Crippen molar-refractivity contribution in [2.24, 2.45) is 5.16 Å². The molecule has 1 aliphatic carbocycles. The second kappa shape index (κ2) is 12.2. The lowest BCUT2D eigenvalue weighted by atomic mass is 10.1. The monoisotopic (exact) mass is 656 g/mol. The van der Waals surface area contributed by atoms with Crippen molar-refractivity contribution in [1.82, 2.24) is 24.5 Å². The first-order valence-electron chi connectivity index (χ1n) is 15.8. The van der Waals surface area contributed by atoms with Crippen LogP contribution in [-0.4, -0.2) is 85.8 Å². The lowest BCUT2D eigenvalue weighted by Gasteiger charge is -2.36. The Morgan fingerprint density at radius 1 is 1.06 bits per heavy atom. The van der Waals surface area contributed by atoms with Crippen molar-refractivity contribution >= 4 is 45.8 Å². The van der Waals surface area contributed by atoms with Gasteiger partial charge in [0.05, 0.1) is 29.6 Å². The lowest BCUT2D eigenvalue weighted by Crippen LogP contribution is -2.50. The molecular formula is C33H33FN8O6. The first-order valence-corrected chi connectivity index (χ1v) is 15.8. The summed E-state index contributed by atoms with van der Waals surface area (Å²) in [4.78, 5) is 61.2. The lowest BCUT2D eigenvalue weighted by molar-refractivity contribution is -0.132. The summed E-state index contributed by atoms with van der Waals surface area (Å²) in [5, 5.41) is 21.9. The normalized spacial score (nSPS) is 17.0. The van der Waals surface area contributed by atoms with Crippen LogP contribution in [0.1, 0.15) is 53.0 Å². The molecule has 15 heteroatoms. The fourth-order valence-corrected chi connectivity index (χ4v) is 6.30. The number of halogens is 1. The average Bonchev–Trinajstić information content (AvgIpc) is 3.77. The Kier molecular flexibility index (Phi) is 7.89. The maximum atomic E-state index is 15.4. The Balaban J connectivity index is 1.01. The van der Waals surface area contributed by atoms with Crippen LogP contribution in [0.4, 0.5) is 15.8 Å². The number of fused-ring (bicyclic) bond motifs is 2. The smallest absolute Gasteiger partial charge is 0.341 e. The molecule has 1 saturated carbocycles. The Hall–Kier alpha value is -5.60. The minimum atomic E-state index is -1.34. The number of hydrogen-bond acceptors (Lipinski definition) is 9. The van der Waals surface area contributed by atoms with E-state index in [9.17, 15) is 24.3 Å². The van der Waals surface area contributed by atoms with E-state index >= 15 is 4.39 Å². The molecule has 1 saturated heterocycles. The molecular weight excluding hydrogens is 623 g/mol. The molecule has 248 valence electrons. The second-order valence-corrected chi connectivity index (χ2v) is 12.2. The zero-order valence-corrected chi connectivity index (χ0v) is 26.4. The van der Waals surface area contributed by atoms with Crippen molar-refractivity contribution in [3.05, 3.63) is 81.2 Å². The number of pyridine rings is 1. The Labute approximate surface area is 273 Å². The highest BCUT2D eigenvalue weighted by Gasteiger charge is 2.35. The molecule has 2 amide bonds. The number of aromatic carboxylic acids is 1. The molecule has 4 aromatic rings. The highest BCUT2D eigenvalue weighted by atomic mass is 19.1. The van der Waals surface area contributed by atoms with Gasteiger partial charge in [0.1, 0.15) is 30.2 Å². The molecule has 0 spiro atoms. The van der Waals surface area contributed by atoms with Gasteiger partial charge < -0.3 is 29.2 Å². The fourth-order valence-electron chi connectivity index (χ4n) is 6.30. The van der Waals surface area contributed by atoms with E-state index in [0.717, 1.165) is 24.5 Å². The Morgan fingerprint density at radius 3 is 2.54 bits per heavy atom. The summed E-state index contributed by atoms with van der Waals surface area (Å²) in [7, 11) is 0. The first-order chi connectivity index (χ1) is 23.1. The quantitative estimate of drug-likeness (QED) is 0.268. The summed E-state index contributed by atoms with van der Waals surface area (Å²) in [6.45, 7) is 5.53. The molecule has 2 aromatic heterocycles. The van der Waals surface area contributed by atoms with Gasteiger partial charge in [0, 0.05) is 49.4 Å². The number of carboxylic acid groups (broad SMARTS) is 1. The van der Waals surface area contributed by atoms with Gasteiger partial charge >= 0.3 is 5.97 Å². The third-order valence-corrected chi connectivity index (χ3v) is 8.88. The van der Waals surface area contributed by atoms with Gasteiger partial charge in [-0.15, -0.1) is 5.10 Å². The second-order valence-electron chi connectivity index (χ2n) is 12.2. The molecule has 0 bridgehead atoms. The summed E-state index contributed by atoms with van der Waals surface area (Å²) in [6.07, 6.45) is 4.69. The number of nitrogens with zero attached hydrogens (tertiary/aromatic N) is 8. The Morgan fingerprint density at radius 2 is 1.83 bits per heavy atom. The van der Waals surface area contributed by atoms with Crippen molar-refractivity contribution in [2.75, 3.05) is 42.6 Å². The molecule has 2 aliphatic heterocycles. The van der Waals surface area contributed by atoms with Crippen molar-refractivity contribution in [2.45, 2.75) is 45.8 Å². The molecule has 48 heavy (non-hydrogen) atoms. The van der Waals surface area contributed by atoms with E-state index in [4.69, 9.17) is 4.84 Å². The highest BCUT2D eigenvalue weighted by Crippen LogP contribution is 2.38. The number of aromatic nitrogens is 4. The van der Waals surface area contributed by atoms with Crippen LogP contribution in [0.25, 0.3) is 10.9 Å². The van der Waals surface area contributed by atoms with Crippen molar-refractivity contribution < 1.29 is 28.7 Å². The van der Waals surface area contributed by atoms with Crippen LogP contribution < -0.4 is 15.2 Å². The van der Waals surface area contributed by atoms with Gasteiger partial charge in [0.2, 0.25) is 11.3 Å². The van der Waals surface area contributed by atoms with E-state index in [-0.39, 0.29) is 47.6 Å². The molecule has 2 aromatic carbocycles. The van der Waals surface area contributed by atoms with Gasteiger partial charge in [0.15, 0.2) is 5.71 Å². The number of carbonyl (C=O) groups excluding carboxylic acids is 2. The van der Waals surface area contributed by atoms with Crippen LogP contribution in [0, 0.1) is 12.7 Å². The number of piperazine rings is 1. The predicted molar refractivity (Wildman–Crippen MR) is 173 cm³/mol. The average molecular weight is 657 g/mol. The third-order valence-electron chi connectivity index (χ3n) is 8.88. The number of carbonyl (C=O) groups is 3. The molecule has 14 nitrogen and oxygen atoms in total. The van der Waals surface area contributed by atoms with Gasteiger partial charge in [-0.2, -0.15) is 0 Å². The van der Waals surface area contributed by atoms with Gasteiger partial charge in [-0.25, -0.2) is 13.9 Å². The summed E-state index contributed by atoms with van der Waals surface area (Å²) >= 11 is 0. The third kappa shape index (κ3) is 5.65. The van der Waals surface area contributed by atoms with E-state index in [0.29, 0.717) is 60.9 Å². The topological polar surface area (TPSA) is 155 Å². The molecule has 7 rings (SSSR count). The van der Waals surface area contributed by atoms with Crippen LogP contribution >= 0.6 is 0 Å².